The predicted molar refractivity (Wildman–Crippen MR) is 93.0 cm³/mol. The number of anilines is 1. The van der Waals surface area contributed by atoms with Crippen molar-refractivity contribution in [2.45, 2.75) is 38.7 Å². The Labute approximate surface area is 147 Å². The molecule has 1 aliphatic heterocycles. The summed E-state index contributed by atoms with van der Waals surface area (Å²) < 4.78 is 11.0. The molecule has 0 aromatic heterocycles. The number of morpholine rings is 1. The summed E-state index contributed by atoms with van der Waals surface area (Å²) in [4.78, 5) is 25.4. The molecular weight excluding hydrogens is 324 g/mol. The monoisotopic (exact) mass is 348 g/mol. The lowest BCUT2D eigenvalue weighted by Crippen LogP contribution is -2.37. The van der Waals surface area contributed by atoms with Crippen LogP contribution in [0.1, 0.15) is 43.0 Å². The Hall–Kier alpha value is -2.15. The summed E-state index contributed by atoms with van der Waals surface area (Å²) in [6.07, 6.45) is 3.81. The van der Waals surface area contributed by atoms with Crippen LogP contribution in [0.15, 0.2) is 18.2 Å². The number of non-ortho nitro benzene ring substituents is 1. The molecule has 0 amide bonds. The first-order valence-electron chi connectivity index (χ1n) is 8.86. The highest BCUT2D eigenvalue weighted by atomic mass is 16.6. The number of carbonyl (C=O) groups is 1. The normalized spacial score (nSPS) is 24.0. The maximum absolute atomic E-state index is 12.8. The molecule has 2 unspecified atom stereocenters. The molecule has 0 N–H and O–H groups in total. The molecule has 1 aliphatic carbocycles. The van der Waals surface area contributed by atoms with Gasteiger partial charge in [-0.15, -0.1) is 0 Å². The van der Waals surface area contributed by atoms with E-state index in [1.54, 1.807) is 6.07 Å². The largest absolute Gasteiger partial charge is 0.459 e. The molecule has 1 heterocycles. The van der Waals surface area contributed by atoms with Crippen molar-refractivity contribution < 1.29 is 19.2 Å². The molecule has 2 atom stereocenters. The molecule has 136 valence electrons. The molecule has 0 spiro atoms. The first-order chi connectivity index (χ1) is 12.0. The Balaban J connectivity index is 1.84. The fraction of sp³-hybridized carbons (Fsp3) is 0.611. The van der Waals surface area contributed by atoms with Crippen LogP contribution < -0.4 is 4.90 Å². The van der Waals surface area contributed by atoms with E-state index in [9.17, 15) is 14.9 Å². The molecule has 2 fully saturated rings. The van der Waals surface area contributed by atoms with E-state index in [-0.39, 0.29) is 17.4 Å². The average Bonchev–Trinajstić information content (AvgIpc) is 2.62. The van der Waals surface area contributed by atoms with Crippen molar-refractivity contribution in [1.82, 2.24) is 0 Å². The number of nitrogens with zero attached hydrogens (tertiary/aromatic N) is 2. The molecule has 1 aromatic carbocycles. The third-order valence-electron chi connectivity index (χ3n) is 4.92. The van der Waals surface area contributed by atoms with Crippen LogP contribution in [0.25, 0.3) is 0 Å². The number of rotatable bonds is 4. The van der Waals surface area contributed by atoms with Crippen LogP contribution in [0, 0.1) is 16.0 Å². The Bertz CT molecular complexity index is 642. The van der Waals surface area contributed by atoms with Gasteiger partial charge in [-0.25, -0.2) is 4.79 Å². The molecule has 7 nitrogen and oxygen atoms in total. The second-order valence-electron chi connectivity index (χ2n) is 6.86. The molecule has 2 aliphatic rings. The maximum atomic E-state index is 12.8. The van der Waals surface area contributed by atoms with Crippen LogP contribution in [0.3, 0.4) is 0 Å². The standard InChI is InChI=1S/C18H24N2O5/c1-13-3-2-4-15(11-13)25-18(21)16-12-14(20(22)23)5-6-17(16)19-7-9-24-10-8-19/h5-6,12-13,15H,2-4,7-11H2,1H3. The average molecular weight is 348 g/mol. The Morgan fingerprint density at radius 3 is 2.76 bits per heavy atom. The minimum Gasteiger partial charge on any atom is -0.459 e. The van der Waals surface area contributed by atoms with Crippen molar-refractivity contribution in [2.75, 3.05) is 31.2 Å². The zero-order valence-corrected chi connectivity index (χ0v) is 14.5. The van der Waals surface area contributed by atoms with Gasteiger partial charge in [0.2, 0.25) is 0 Å². The Morgan fingerprint density at radius 2 is 2.08 bits per heavy atom. The van der Waals surface area contributed by atoms with Crippen LogP contribution in [-0.2, 0) is 9.47 Å². The van der Waals surface area contributed by atoms with Gasteiger partial charge in [0.25, 0.3) is 5.69 Å². The van der Waals surface area contributed by atoms with Crippen molar-refractivity contribution >= 4 is 17.3 Å². The van der Waals surface area contributed by atoms with Crippen LogP contribution in [-0.4, -0.2) is 43.3 Å². The Kier molecular flexibility index (Phi) is 5.53. The molecular formula is C18H24N2O5. The van der Waals surface area contributed by atoms with E-state index in [4.69, 9.17) is 9.47 Å². The van der Waals surface area contributed by atoms with E-state index in [1.807, 2.05) is 4.90 Å². The molecule has 1 saturated carbocycles. The van der Waals surface area contributed by atoms with Gasteiger partial charge in [0.05, 0.1) is 29.4 Å². The third-order valence-corrected chi connectivity index (χ3v) is 4.92. The zero-order valence-electron chi connectivity index (χ0n) is 14.5. The van der Waals surface area contributed by atoms with Crippen LogP contribution in [0.5, 0.6) is 0 Å². The van der Waals surface area contributed by atoms with Gasteiger partial charge in [0, 0.05) is 25.2 Å². The highest BCUT2D eigenvalue weighted by Gasteiger charge is 2.27. The van der Waals surface area contributed by atoms with E-state index < -0.39 is 10.9 Å². The van der Waals surface area contributed by atoms with Gasteiger partial charge in [-0.2, -0.15) is 0 Å². The number of nitro groups is 1. The lowest BCUT2D eigenvalue weighted by atomic mass is 9.89. The van der Waals surface area contributed by atoms with Gasteiger partial charge in [-0.1, -0.05) is 13.3 Å². The van der Waals surface area contributed by atoms with E-state index in [2.05, 4.69) is 6.92 Å². The van der Waals surface area contributed by atoms with Crippen molar-refractivity contribution in [1.29, 1.82) is 0 Å². The number of hydrogen-bond donors (Lipinski definition) is 0. The fourth-order valence-corrected chi connectivity index (χ4v) is 3.58. The van der Waals surface area contributed by atoms with Crippen LogP contribution >= 0.6 is 0 Å². The minimum atomic E-state index is -0.484. The third kappa shape index (κ3) is 4.28. The van der Waals surface area contributed by atoms with Gasteiger partial charge in [-0.05, 0) is 31.2 Å². The highest BCUT2D eigenvalue weighted by Crippen LogP contribution is 2.30. The van der Waals surface area contributed by atoms with E-state index in [0.717, 1.165) is 25.7 Å². The zero-order chi connectivity index (χ0) is 17.8. The minimum absolute atomic E-state index is 0.0963. The van der Waals surface area contributed by atoms with Crippen molar-refractivity contribution in [3.05, 3.63) is 33.9 Å². The topological polar surface area (TPSA) is 81.9 Å². The number of benzene rings is 1. The summed E-state index contributed by atoms with van der Waals surface area (Å²) in [6, 6.07) is 4.41. The summed E-state index contributed by atoms with van der Waals surface area (Å²) in [6.45, 7) is 4.61. The van der Waals surface area contributed by atoms with Crippen LogP contribution in [0.2, 0.25) is 0 Å². The SMILES string of the molecule is CC1CCCC(OC(=O)c2cc([N+](=O)[O-])ccc2N2CCOCC2)C1. The van der Waals surface area contributed by atoms with Gasteiger partial charge in [-0.3, -0.25) is 10.1 Å². The van der Waals surface area contributed by atoms with E-state index in [0.29, 0.717) is 37.9 Å². The van der Waals surface area contributed by atoms with Crippen molar-refractivity contribution in [3.63, 3.8) is 0 Å². The van der Waals surface area contributed by atoms with Gasteiger partial charge in [0.1, 0.15) is 6.10 Å². The summed E-state index contributed by atoms with van der Waals surface area (Å²) in [5.74, 6) is 0.0691. The van der Waals surface area contributed by atoms with Crippen LogP contribution in [0.4, 0.5) is 11.4 Å². The quantitative estimate of drug-likeness (QED) is 0.472. The number of carbonyl (C=O) groups excluding carboxylic acids is 1. The molecule has 3 rings (SSSR count). The summed E-state index contributed by atoms with van der Waals surface area (Å²) in [5.41, 5.74) is 0.859. The van der Waals surface area contributed by atoms with Crippen molar-refractivity contribution in [2.24, 2.45) is 5.92 Å². The number of esters is 1. The predicted octanol–water partition coefficient (Wildman–Crippen LogP) is 3.17. The van der Waals surface area contributed by atoms with Gasteiger partial charge < -0.3 is 14.4 Å². The van der Waals surface area contributed by atoms with Gasteiger partial charge >= 0.3 is 5.97 Å². The number of ether oxygens (including phenoxy) is 2. The molecule has 0 radical (unpaired) electrons. The molecule has 25 heavy (non-hydrogen) atoms. The molecule has 1 aromatic rings. The number of nitro benzene ring substituents is 1. The van der Waals surface area contributed by atoms with E-state index in [1.165, 1.54) is 12.1 Å². The summed E-state index contributed by atoms with van der Waals surface area (Å²) in [5, 5.41) is 11.1. The second kappa shape index (κ2) is 7.82. The lowest BCUT2D eigenvalue weighted by molar-refractivity contribution is -0.384. The van der Waals surface area contributed by atoms with Gasteiger partial charge in [0.15, 0.2) is 0 Å². The highest BCUT2D eigenvalue weighted by molar-refractivity contribution is 5.97. The second-order valence-corrected chi connectivity index (χ2v) is 6.86. The molecule has 7 heteroatoms. The van der Waals surface area contributed by atoms with E-state index >= 15 is 0 Å². The first-order valence-corrected chi connectivity index (χ1v) is 8.86. The van der Waals surface area contributed by atoms with Crippen molar-refractivity contribution in [3.8, 4) is 0 Å². The Morgan fingerprint density at radius 1 is 1.32 bits per heavy atom. The fourth-order valence-electron chi connectivity index (χ4n) is 3.58. The molecule has 1 saturated heterocycles. The lowest BCUT2D eigenvalue weighted by Gasteiger charge is -2.31. The summed E-state index contributed by atoms with van der Waals surface area (Å²) >= 11 is 0. The number of hydrogen-bond acceptors (Lipinski definition) is 6. The smallest absolute Gasteiger partial charge is 0.340 e. The summed E-state index contributed by atoms with van der Waals surface area (Å²) in [7, 11) is 0. The maximum Gasteiger partial charge on any atom is 0.340 e. The molecule has 0 bridgehead atoms. The first kappa shape index (κ1) is 17.7.